The summed E-state index contributed by atoms with van der Waals surface area (Å²) >= 11 is 0. The van der Waals surface area contributed by atoms with Crippen molar-refractivity contribution in [1.82, 2.24) is 4.90 Å². The Labute approximate surface area is 108 Å². The topological polar surface area (TPSA) is 83.9 Å². The van der Waals surface area contributed by atoms with Gasteiger partial charge in [-0.3, -0.25) is 9.69 Å². The number of aliphatic carboxylic acids is 1. The molecule has 0 aromatic heterocycles. The van der Waals surface area contributed by atoms with Gasteiger partial charge in [0, 0.05) is 13.1 Å². The zero-order valence-electron chi connectivity index (χ0n) is 11.0. The fourth-order valence-electron chi connectivity index (χ4n) is 1.68. The summed E-state index contributed by atoms with van der Waals surface area (Å²) in [6.07, 6.45) is 0. The van der Waals surface area contributed by atoms with Crippen molar-refractivity contribution >= 4 is 15.8 Å². The van der Waals surface area contributed by atoms with Crippen LogP contribution in [-0.2, 0) is 19.4 Å². The zero-order valence-corrected chi connectivity index (χ0v) is 11.9. The fraction of sp³-hybridized carbons (Fsp3) is 0.909. The summed E-state index contributed by atoms with van der Waals surface area (Å²) in [4.78, 5) is 12.7. The molecular weight excluding hydrogens is 258 g/mol. The Morgan fingerprint density at radius 2 is 2.06 bits per heavy atom. The highest BCUT2D eigenvalue weighted by molar-refractivity contribution is 7.92. The van der Waals surface area contributed by atoms with Crippen LogP contribution in [0.5, 0.6) is 0 Å². The Balaban J connectivity index is 2.64. The minimum Gasteiger partial charge on any atom is -0.480 e. The average Bonchev–Trinajstić information content (AvgIpc) is 2.25. The molecular formula is C11H21NO5S. The van der Waals surface area contributed by atoms with Gasteiger partial charge >= 0.3 is 5.97 Å². The van der Waals surface area contributed by atoms with E-state index in [1.165, 1.54) is 0 Å². The summed E-state index contributed by atoms with van der Waals surface area (Å²) in [5.41, 5.74) is 0. The first-order chi connectivity index (χ1) is 8.15. The second-order valence-electron chi connectivity index (χ2n) is 5.40. The molecule has 0 aromatic carbocycles. The maximum Gasteiger partial charge on any atom is 0.323 e. The Hall–Kier alpha value is -0.660. The van der Waals surface area contributed by atoms with Crippen LogP contribution in [0.1, 0.15) is 20.8 Å². The molecule has 1 N–H and O–H groups in total. The van der Waals surface area contributed by atoms with E-state index >= 15 is 0 Å². The van der Waals surface area contributed by atoms with E-state index in [2.05, 4.69) is 0 Å². The Morgan fingerprint density at radius 1 is 1.44 bits per heavy atom. The van der Waals surface area contributed by atoms with Crippen LogP contribution in [0.25, 0.3) is 0 Å². The minimum atomic E-state index is -3.22. The normalized spacial score (nSPS) is 22.9. The number of carboxylic acids is 1. The van der Waals surface area contributed by atoms with Crippen LogP contribution in [0.2, 0.25) is 0 Å². The van der Waals surface area contributed by atoms with E-state index in [1.807, 2.05) is 0 Å². The predicted molar refractivity (Wildman–Crippen MR) is 67.4 cm³/mol. The van der Waals surface area contributed by atoms with E-state index in [1.54, 1.807) is 25.7 Å². The number of hydrogen-bond acceptors (Lipinski definition) is 5. The number of morpholine rings is 1. The molecule has 0 saturated carbocycles. The Bertz CT molecular complexity index is 398. The zero-order chi connectivity index (χ0) is 14.0. The SMILES string of the molecule is CC(C)(C)S(=O)(=O)CCN1CCOCC1C(=O)O. The first kappa shape index (κ1) is 15.4. The molecule has 0 amide bonds. The number of nitrogens with zero attached hydrogens (tertiary/aromatic N) is 1. The average molecular weight is 279 g/mol. The first-order valence-electron chi connectivity index (χ1n) is 5.92. The molecule has 1 saturated heterocycles. The quantitative estimate of drug-likeness (QED) is 0.779. The van der Waals surface area contributed by atoms with Gasteiger partial charge < -0.3 is 9.84 Å². The largest absolute Gasteiger partial charge is 0.480 e. The molecule has 7 heteroatoms. The summed E-state index contributed by atoms with van der Waals surface area (Å²) in [5, 5.41) is 9.03. The summed E-state index contributed by atoms with van der Waals surface area (Å²) in [7, 11) is -3.22. The van der Waals surface area contributed by atoms with Gasteiger partial charge in [-0.1, -0.05) is 0 Å². The third-order valence-electron chi connectivity index (χ3n) is 3.10. The van der Waals surface area contributed by atoms with Crippen LogP contribution in [-0.4, -0.2) is 67.2 Å². The fourth-order valence-corrected chi connectivity index (χ4v) is 2.76. The molecule has 1 aliphatic heterocycles. The molecule has 18 heavy (non-hydrogen) atoms. The second kappa shape index (κ2) is 5.54. The summed E-state index contributed by atoms with van der Waals surface area (Å²) < 4.78 is 28.2. The molecule has 1 rings (SSSR count). The van der Waals surface area contributed by atoms with E-state index in [0.717, 1.165) is 0 Å². The lowest BCUT2D eigenvalue weighted by atomic mass is 10.2. The van der Waals surface area contributed by atoms with Gasteiger partial charge in [-0.15, -0.1) is 0 Å². The van der Waals surface area contributed by atoms with Crippen molar-refractivity contribution in [3.63, 3.8) is 0 Å². The van der Waals surface area contributed by atoms with E-state index < -0.39 is 26.6 Å². The minimum absolute atomic E-state index is 0.0275. The highest BCUT2D eigenvalue weighted by Gasteiger charge is 2.33. The van der Waals surface area contributed by atoms with Crippen molar-refractivity contribution in [2.24, 2.45) is 0 Å². The van der Waals surface area contributed by atoms with Crippen LogP contribution in [0, 0.1) is 0 Å². The summed E-state index contributed by atoms with van der Waals surface area (Å²) in [6, 6.07) is -0.742. The van der Waals surface area contributed by atoms with Crippen LogP contribution < -0.4 is 0 Å². The number of rotatable bonds is 4. The lowest BCUT2D eigenvalue weighted by molar-refractivity contribution is -0.149. The number of hydrogen-bond donors (Lipinski definition) is 1. The molecule has 1 unspecified atom stereocenters. The van der Waals surface area contributed by atoms with Crippen molar-refractivity contribution in [2.45, 2.75) is 31.6 Å². The maximum absolute atomic E-state index is 12.0. The molecule has 1 atom stereocenters. The van der Waals surface area contributed by atoms with Gasteiger partial charge in [0.15, 0.2) is 9.84 Å². The molecule has 1 fully saturated rings. The first-order valence-corrected chi connectivity index (χ1v) is 7.57. The second-order valence-corrected chi connectivity index (χ2v) is 8.26. The van der Waals surface area contributed by atoms with Crippen molar-refractivity contribution in [3.05, 3.63) is 0 Å². The van der Waals surface area contributed by atoms with E-state index in [9.17, 15) is 13.2 Å². The Morgan fingerprint density at radius 3 is 2.56 bits per heavy atom. The van der Waals surface area contributed by atoms with Crippen LogP contribution in [0.4, 0.5) is 0 Å². The molecule has 0 aliphatic carbocycles. The lowest BCUT2D eigenvalue weighted by Crippen LogP contribution is -2.51. The lowest BCUT2D eigenvalue weighted by Gasteiger charge is -2.33. The van der Waals surface area contributed by atoms with Crippen molar-refractivity contribution in [2.75, 3.05) is 32.1 Å². The Kier molecular flexibility index (Phi) is 4.74. The monoisotopic (exact) mass is 279 g/mol. The summed E-state index contributed by atoms with van der Waals surface area (Å²) in [5.74, 6) is -0.997. The van der Waals surface area contributed by atoms with Gasteiger partial charge in [-0.05, 0) is 20.8 Å². The van der Waals surface area contributed by atoms with Gasteiger partial charge in [0.05, 0.1) is 23.7 Å². The van der Waals surface area contributed by atoms with Crippen molar-refractivity contribution in [3.8, 4) is 0 Å². The standard InChI is InChI=1S/C11H21NO5S/c1-11(2,3)18(15,16)7-5-12-4-6-17-8-9(12)10(13)14/h9H,4-8H2,1-3H3,(H,13,14). The van der Waals surface area contributed by atoms with E-state index in [-0.39, 0.29) is 18.9 Å². The van der Waals surface area contributed by atoms with E-state index in [0.29, 0.717) is 13.2 Å². The molecule has 6 nitrogen and oxygen atoms in total. The number of sulfone groups is 1. The third kappa shape index (κ3) is 3.66. The summed E-state index contributed by atoms with van der Waals surface area (Å²) in [6.45, 7) is 6.20. The molecule has 106 valence electrons. The van der Waals surface area contributed by atoms with Crippen molar-refractivity contribution in [1.29, 1.82) is 0 Å². The molecule has 0 bridgehead atoms. The van der Waals surface area contributed by atoms with Gasteiger partial charge in [-0.2, -0.15) is 0 Å². The van der Waals surface area contributed by atoms with Gasteiger partial charge in [0.2, 0.25) is 0 Å². The molecule has 1 heterocycles. The van der Waals surface area contributed by atoms with E-state index in [4.69, 9.17) is 9.84 Å². The highest BCUT2D eigenvalue weighted by Crippen LogP contribution is 2.17. The van der Waals surface area contributed by atoms with Crippen LogP contribution in [0.3, 0.4) is 0 Å². The molecule has 1 aliphatic rings. The van der Waals surface area contributed by atoms with Crippen LogP contribution >= 0.6 is 0 Å². The van der Waals surface area contributed by atoms with Gasteiger partial charge in [0.1, 0.15) is 6.04 Å². The van der Waals surface area contributed by atoms with Crippen molar-refractivity contribution < 1.29 is 23.1 Å². The predicted octanol–water partition coefficient (Wildman–Crippen LogP) is -0.0149. The third-order valence-corrected chi connectivity index (χ3v) is 5.69. The molecule has 0 spiro atoms. The smallest absolute Gasteiger partial charge is 0.323 e. The number of carboxylic acid groups (broad SMARTS) is 1. The molecule has 0 radical (unpaired) electrons. The van der Waals surface area contributed by atoms with Crippen LogP contribution in [0.15, 0.2) is 0 Å². The highest BCUT2D eigenvalue weighted by atomic mass is 32.2. The molecule has 0 aromatic rings. The number of ether oxygens (including phenoxy) is 1. The number of carbonyl (C=O) groups is 1. The maximum atomic E-state index is 12.0. The van der Waals surface area contributed by atoms with Gasteiger partial charge in [0.25, 0.3) is 0 Å². The van der Waals surface area contributed by atoms with Gasteiger partial charge in [-0.25, -0.2) is 8.42 Å².